The lowest BCUT2D eigenvalue weighted by molar-refractivity contribution is -0.139. The van der Waals surface area contributed by atoms with Gasteiger partial charge in [-0.15, -0.1) is 0 Å². The molecule has 1 fully saturated rings. The molecule has 35 heavy (non-hydrogen) atoms. The number of halogens is 4. The molecule has 2 aromatic rings. The molecule has 0 amide bonds. The fraction of sp³-hybridized carbons (Fsp3) is 0.483. The summed E-state index contributed by atoms with van der Waals surface area (Å²) in [5.74, 6) is 0.224. The Balaban J connectivity index is 1.51. The molecular weight excluding hydrogens is 452 g/mol. The average Bonchev–Trinajstić information content (AvgIpc) is 2.86. The largest absolute Gasteiger partial charge is 0.421 e. The number of benzene rings is 2. The van der Waals surface area contributed by atoms with E-state index in [2.05, 4.69) is 18.5 Å². The predicted molar refractivity (Wildman–Crippen MR) is 134 cm³/mol. The van der Waals surface area contributed by atoms with Crippen molar-refractivity contribution >= 4 is 17.6 Å². The number of alkyl halides is 3. The zero-order valence-electron chi connectivity index (χ0n) is 20.3. The topological polar surface area (TPSA) is 24.4 Å². The second-order valence-corrected chi connectivity index (χ2v) is 10.3. The summed E-state index contributed by atoms with van der Waals surface area (Å²) in [5.41, 5.74) is 2.25. The molecule has 3 unspecified atom stereocenters. The maximum Gasteiger partial charge on any atom is 0.421 e. The molecule has 1 saturated carbocycles. The number of rotatable bonds is 4. The van der Waals surface area contributed by atoms with Crippen molar-refractivity contribution in [2.24, 2.45) is 22.7 Å². The van der Waals surface area contributed by atoms with Crippen LogP contribution in [0.4, 0.5) is 28.9 Å². The third-order valence-corrected chi connectivity index (χ3v) is 8.30. The van der Waals surface area contributed by atoms with Crippen molar-refractivity contribution in [3.8, 4) is 11.1 Å². The predicted octanol–water partition coefficient (Wildman–Crippen LogP) is 9.04. The van der Waals surface area contributed by atoms with E-state index in [0.717, 1.165) is 29.7 Å². The second-order valence-electron chi connectivity index (χ2n) is 10.3. The summed E-state index contributed by atoms with van der Waals surface area (Å²) in [4.78, 5) is 4.78. The smallest absolute Gasteiger partial charge is 0.361 e. The van der Waals surface area contributed by atoms with Gasteiger partial charge in [-0.3, -0.25) is 4.99 Å². The van der Waals surface area contributed by atoms with Crippen LogP contribution in [0.1, 0.15) is 75.0 Å². The number of allylic oxidation sites excluding steroid dienone is 1. The SMILES string of the molecule is CCC1C=CNc2c1c(-c1ccc3c(c1)N=CC(C(C)C1CCCCC1)C3)cc(F)c2C(F)(F)F. The first kappa shape index (κ1) is 24.1. The Morgan fingerprint density at radius 3 is 2.60 bits per heavy atom. The van der Waals surface area contributed by atoms with Crippen molar-refractivity contribution in [1.82, 2.24) is 0 Å². The number of hydrogen-bond donors (Lipinski definition) is 1. The van der Waals surface area contributed by atoms with Crippen LogP contribution in [0.3, 0.4) is 0 Å². The lowest BCUT2D eigenvalue weighted by atomic mass is 9.73. The van der Waals surface area contributed by atoms with Gasteiger partial charge in [0.15, 0.2) is 0 Å². The number of hydrogen-bond acceptors (Lipinski definition) is 2. The molecule has 2 aliphatic heterocycles. The number of anilines is 1. The van der Waals surface area contributed by atoms with Crippen molar-refractivity contribution in [2.45, 2.75) is 70.9 Å². The zero-order chi connectivity index (χ0) is 24.7. The van der Waals surface area contributed by atoms with Crippen molar-refractivity contribution < 1.29 is 17.6 Å². The number of nitrogens with one attached hydrogen (secondary N) is 1. The Morgan fingerprint density at radius 1 is 1.11 bits per heavy atom. The van der Waals surface area contributed by atoms with Crippen LogP contribution in [0.2, 0.25) is 0 Å². The van der Waals surface area contributed by atoms with Gasteiger partial charge in [0, 0.05) is 18.1 Å². The lowest BCUT2D eigenvalue weighted by Crippen LogP contribution is -2.26. The van der Waals surface area contributed by atoms with Crippen LogP contribution in [0, 0.1) is 23.6 Å². The van der Waals surface area contributed by atoms with E-state index in [1.165, 1.54) is 38.3 Å². The molecule has 6 heteroatoms. The molecule has 3 atom stereocenters. The molecule has 2 aromatic carbocycles. The van der Waals surface area contributed by atoms with E-state index in [4.69, 9.17) is 4.99 Å². The number of fused-ring (bicyclic) bond motifs is 2. The monoisotopic (exact) mass is 484 g/mol. The summed E-state index contributed by atoms with van der Waals surface area (Å²) in [6, 6.07) is 6.89. The molecule has 0 saturated heterocycles. The highest BCUT2D eigenvalue weighted by Gasteiger charge is 2.40. The summed E-state index contributed by atoms with van der Waals surface area (Å²) in [5, 5.41) is 2.69. The summed E-state index contributed by atoms with van der Waals surface area (Å²) in [6.07, 6.45) is 8.70. The highest BCUT2D eigenvalue weighted by Crippen LogP contribution is 2.48. The second kappa shape index (κ2) is 9.44. The Kier molecular flexibility index (Phi) is 6.49. The van der Waals surface area contributed by atoms with Gasteiger partial charge < -0.3 is 5.32 Å². The van der Waals surface area contributed by atoms with Crippen molar-refractivity contribution in [1.29, 1.82) is 0 Å². The molecule has 1 aliphatic carbocycles. The van der Waals surface area contributed by atoms with Gasteiger partial charge in [0.05, 0.1) is 11.4 Å². The minimum atomic E-state index is -4.78. The van der Waals surface area contributed by atoms with Crippen LogP contribution in [-0.4, -0.2) is 6.21 Å². The minimum Gasteiger partial charge on any atom is -0.361 e. The Morgan fingerprint density at radius 2 is 1.89 bits per heavy atom. The summed E-state index contributed by atoms with van der Waals surface area (Å²) >= 11 is 0. The zero-order valence-corrected chi connectivity index (χ0v) is 20.3. The van der Waals surface area contributed by atoms with Gasteiger partial charge in [-0.05, 0) is 65.3 Å². The van der Waals surface area contributed by atoms with Gasteiger partial charge in [-0.1, -0.05) is 64.2 Å². The summed E-state index contributed by atoms with van der Waals surface area (Å²) in [6.45, 7) is 4.27. The van der Waals surface area contributed by atoms with Crippen LogP contribution < -0.4 is 5.32 Å². The maximum atomic E-state index is 14.9. The first-order valence-electron chi connectivity index (χ1n) is 12.8. The molecule has 186 valence electrons. The molecule has 0 aromatic heterocycles. The van der Waals surface area contributed by atoms with Crippen LogP contribution in [-0.2, 0) is 12.6 Å². The third-order valence-electron chi connectivity index (χ3n) is 8.30. The van der Waals surface area contributed by atoms with Crippen LogP contribution >= 0.6 is 0 Å². The van der Waals surface area contributed by atoms with Crippen molar-refractivity contribution in [3.05, 3.63) is 59.0 Å². The first-order chi connectivity index (χ1) is 16.8. The lowest BCUT2D eigenvalue weighted by Gasteiger charge is -2.33. The van der Waals surface area contributed by atoms with Gasteiger partial charge in [0.2, 0.25) is 0 Å². The van der Waals surface area contributed by atoms with E-state index < -0.39 is 17.6 Å². The Labute approximate surface area is 204 Å². The van der Waals surface area contributed by atoms with Gasteiger partial charge in [0.25, 0.3) is 0 Å². The van der Waals surface area contributed by atoms with Crippen LogP contribution in [0.25, 0.3) is 11.1 Å². The van der Waals surface area contributed by atoms with E-state index in [1.54, 1.807) is 0 Å². The molecule has 2 heterocycles. The summed E-state index contributed by atoms with van der Waals surface area (Å²) < 4.78 is 56.1. The number of nitrogens with zero attached hydrogens (tertiary/aromatic N) is 1. The third kappa shape index (κ3) is 4.52. The van der Waals surface area contributed by atoms with Gasteiger partial charge in [-0.2, -0.15) is 13.2 Å². The molecule has 5 rings (SSSR count). The summed E-state index contributed by atoms with van der Waals surface area (Å²) in [7, 11) is 0. The van der Waals surface area contributed by atoms with E-state index in [0.29, 0.717) is 34.9 Å². The van der Waals surface area contributed by atoms with Crippen LogP contribution in [0.15, 0.2) is 41.5 Å². The van der Waals surface area contributed by atoms with E-state index in [1.807, 2.05) is 31.2 Å². The maximum absolute atomic E-state index is 14.9. The fourth-order valence-corrected chi connectivity index (χ4v) is 6.24. The average molecular weight is 485 g/mol. The molecular formula is C29H32F4N2. The van der Waals surface area contributed by atoms with Gasteiger partial charge in [0.1, 0.15) is 11.4 Å². The van der Waals surface area contributed by atoms with Gasteiger partial charge in [-0.25, -0.2) is 4.39 Å². The molecule has 1 N–H and O–H groups in total. The molecule has 0 spiro atoms. The molecule has 0 bridgehead atoms. The van der Waals surface area contributed by atoms with Gasteiger partial charge >= 0.3 is 6.18 Å². The minimum absolute atomic E-state index is 0.176. The van der Waals surface area contributed by atoms with Crippen molar-refractivity contribution in [3.63, 3.8) is 0 Å². The van der Waals surface area contributed by atoms with E-state index in [-0.39, 0.29) is 11.6 Å². The fourth-order valence-electron chi connectivity index (χ4n) is 6.24. The molecule has 3 aliphatic rings. The highest BCUT2D eigenvalue weighted by atomic mass is 19.4. The van der Waals surface area contributed by atoms with E-state index in [9.17, 15) is 17.6 Å². The van der Waals surface area contributed by atoms with Crippen molar-refractivity contribution in [2.75, 3.05) is 5.32 Å². The highest BCUT2D eigenvalue weighted by molar-refractivity contribution is 5.82. The first-order valence-corrected chi connectivity index (χ1v) is 12.8. The quantitative estimate of drug-likeness (QED) is 0.430. The Hall–Kier alpha value is -2.63. The van der Waals surface area contributed by atoms with E-state index >= 15 is 0 Å². The van der Waals surface area contributed by atoms with Crippen LogP contribution in [0.5, 0.6) is 0 Å². The normalized spacial score (nSPS) is 22.9. The molecule has 2 nitrogen and oxygen atoms in total. The molecule has 0 radical (unpaired) electrons. The Bertz CT molecular complexity index is 1160. The standard InChI is InChI=1S/C29H32F4N2/c1-3-18-11-12-34-28-26(18)23(15-24(30)27(28)29(31,32)33)20-9-10-21-13-22(16-35-25(21)14-20)17(2)19-7-5-4-6-8-19/h9-12,14-19,22,34H,3-8,13H2,1-2H3. The number of aliphatic imine (C=N–C) groups is 1.